The number of rotatable bonds is 5. The van der Waals surface area contributed by atoms with Crippen LogP contribution in [0.25, 0.3) is 16.8 Å². The molecule has 0 unspecified atom stereocenters. The van der Waals surface area contributed by atoms with Gasteiger partial charge in [0.15, 0.2) is 0 Å². The predicted octanol–water partition coefficient (Wildman–Crippen LogP) is 3.90. The second-order valence-electron chi connectivity index (χ2n) is 7.19. The Labute approximate surface area is 165 Å². The van der Waals surface area contributed by atoms with E-state index in [4.69, 9.17) is 0 Å². The van der Waals surface area contributed by atoms with Crippen LogP contribution < -0.4 is 9.62 Å². The maximum Gasteiger partial charge on any atom is 0.229 e. The van der Waals surface area contributed by atoms with Gasteiger partial charge in [0.1, 0.15) is 0 Å². The number of anilines is 2. The van der Waals surface area contributed by atoms with Crippen LogP contribution in [0.15, 0.2) is 60.9 Å². The van der Waals surface area contributed by atoms with E-state index in [1.807, 2.05) is 29.2 Å². The minimum Gasteiger partial charge on any atom is -0.371 e. The van der Waals surface area contributed by atoms with Crippen LogP contribution in [0, 0.1) is 0 Å². The number of sulfonamides is 1. The Morgan fingerprint density at radius 2 is 1.64 bits per heavy atom. The monoisotopic (exact) mass is 396 g/mol. The topological polar surface area (TPSA) is 67.2 Å². The minimum absolute atomic E-state index is 0.549. The first-order chi connectivity index (χ1) is 13.5. The first-order valence-electron chi connectivity index (χ1n) is 9.46. The van der Waals surface area contributed by atoms with Crippen LogP contribution in [0.5, 0.6) is 0 Å². The van der Waals surface area contributed by atoms with E-state index in [0.29, 0.717) is 5.69 Å². The van der Waals surface area contributed by atoms with Crippen molar-refractivity contribution in [3.05, 3.63) is 60.9 Å². The number of nitrogens with zero attached hydrogens (tertiary/aromatic N) is 3. The molecule has 2 heterocycles. The number of aromatic nitrogens is 2. The van der Waals surface area contributed by atoms with E-state index >= 15 is 0 Å². The summed E-state index contributed by atoms with van der Waals surface area (Å²) in [6, 6.07) is 15.8. The molecular formula is C21H24N4O2S. The Kier molecular flexibility index (Phi) is 5.09. The average Bonchev–Trinajstić information content (AvgIpc) is 3.18. The zero-order valence-electron chi connectivity index (χ0n) is 15.9. The van der Waals surface area contributed by atoms with Crippen LogP contribution in [0.1, 0.15) is 19.3 Å². The number of hydrogen-bond donors (Lipinski definition) is 1. The van der Waals surface area contributed by atoms with Gasteiger partial charge in [-0.3, -0.25) is 4.72 Å². The second-order valence-corrected chi connectivity index (χ2v) is 8.94. The molecule has 28 heavy (non-hydrogen) atoms. The molecule has 1 fully saturated rings. The Hall–Kier alpha value is -2.80. The van der Waals surface area contributed by atoms with Crippen molar-refractivity contribution in [2.24, 2.45) is 0 Å². The molecule has 4 rings (SSSR count). The minimum atomic E-state index is -3.27. The van der Waals surface area contributed by atoms with Gasteiger partial charge in [0, 0.05) is 36.2 Å². The summed E-state index contributed by atoms with van der Waals surface area (Å²) < 4.78 is 27.0. The summed E-state index contributed by atoms with van der Waals surface area (Å²) in [4.78, 5) is 2.44. The van der Waals surface area contributed by atoms with Gasteiger partial charge in [0.25, 0.3) is 0 Å². The highest BCUT2D eigenvalue weighted by molar-refractivity contribution is 7.92. The zero-order chi connectivity index (χ0) is 19.6. The van der Waals surface area contributed by atoms with E-state index < -0.39 is 10.0 Å². The molecule has 0 saturated carbocycles. The lowest BCUT2D eigenvalue weighted by atomic mass is 10.1. The Bertz CT molecular complexity index is 1050. The molecule has 0 amide bonds. The summed E-state index contributed by atoms with van der Waals surface area (Å²) in [5, 5.41) is 4.52. The molecule has 1 aliphatic rings. The first kappa shape index (κ1) is 18.6. The van der Waals surface area contributed by atoms with Gasteiger partial charge in [-0.15, -0.1) is 0 Å². The molecule has 0 aliphatic carbocycles. The van der Waals surface area contributed by atoms with Gasteiger partial charge in [-0.1, -0.05) is 18.2 Å². The van der Waals surface area contributed by atoms with Crippen molar-refractivity contribution in [1.82, 2.24) is 9.78 Å². The van der Waals surface area contributed by atoms with Crippen LogP contribution in [-0.2, 0) is 10.0 Å². The van der Waals surface area contributed by atoms with E-state index in [2.05, 4.69) is 39.0 Å². The second kappa shape index (κ2) is 7.67. The van der Waals surface area contributed by atoms with E-state index in [1.165, 1.54) is 24.9 Å². The molecule has 1 saturated heterocycles. The van der Waals surface area contributed by atoms with Crippen molar-refractivity contribution in [1.29, 1.82) is 0 Å². The number of benzene rings is 2. The quantitative estimate of drug-likeness (QED) is 0.710. The molecule has 6 nitrogen and oxygen atoms in total. The number of piperidine rings is 1. The fourth-order valence-corrected chi connectivity index (χ4v) is 4.11. The largest absolute Gasteiger partial charge is 0.371 e. The molecule has 0 spiro atoms. The van der Waals surface area contributed by atoms with E-state index in [1.54, 1.807) is 12.1 Å². The highest BCUT2D eigenvalue weighted by Crippen LogP contribution is 2.25. The first-order valence-corrected chi connectivity index (χ1v) is 11.4. The summed E-state index contributed by atoms with van der Waals surface area (Å²) in [7, 11) is -3.27. The highest BCUT2D eigenvalue weighted by atomic mass is 32.2. The van der Waals surface area contributed by atoms with E-state index in [0.717, 1.165) is 36.2 Å². The van der Waals surface area contributed by atoms with Crippen molar-refractivity contribution < 1.29 is 8.42 Å². The van der Waals surface area contributed by atoms with Gasteiger partial charge >= 0.3 is 0 Å². The van der Waals surface area contributed by atoms with Crippen LogP contribution in [0.3, 0.4) is 0 Å². The van der Waals surface area contributed by atoms with Crippen molar-refractivity contribution in [3.8, 4) is 16.8 Å². The molecule has 1 aliphatic heterocycles. The Balaban J connectivity index is 1.54. The van der Waals surface area contributed by atoms with Gasteiger partial charge in [0.05, 0.1) is 18.1 Å². The fourth-order valence-electron chi connectivity index (χ4n) is 3.54. The average molecular weight is 397 g/mol. The van der Waals surface area contributed by atoms with Crippen molar-refractivity contribution in [2.75, 3.05) is 29.0 Å². The molecule has 7 heteroatoms. The Morgan fingerprint density at radius 3 is 2.36 bits per heavy atom. The fraction of sp³-hybridized carbons (Fsp3) is 0.286. The van der Waals surface area contributed by atoms with Gasteiger partial charge < -0.3 is 4.90 Å². The highest BCUT2D eigenvalue weighted by Gasteiger charge is 2.12. The SMILES string of the molecule is CS(=O)(=O)Nc1ccc(-c2cnn(-c3cccc(N4CCCCC4)c3)c2)cc1. The molecule has 1 N–H and O–H groups in total. The summed E-state index contributed by atoms with van der Waals surface area (Å²) in [6.07, 6.45) is 8.78. The lowest BCUT2D eigenvalue weighted by molar-refractivity contribution is 0.577. The summed E-state index contributed by atoms with van der Waals surface area (Å²) in [5.74, 6) is 0. The van der Waals surface area contributed by atoms with Crippen LogP contribution in [-0.4, -0.2) is 37.5 Å². The van der Waals surface area contributed by atoms with E-state index in [-0.39, 0.29) is 0 Å². The Morgan fingerprint density at radius 1 is 0.929 bits per heavy atom. The standard InChI is InChI=1S/C21H24N4O2S/c1-28(26,27)23-19-10-8-17(9-11-19)18-15-22-25(16-18)21-7-5-6-20(14-21)24-12-3-2-4-13-24/h5-11,14-16,23H,2-4,12-13H2,1H3. The third-order valence-corrected chi connectivity index (χ3v) is 5.53. The number of nitrogens with one attached hydrogen (secondary N) is 1. The van der Waals surface area contributed by atoms with Gasteiger partial charge in [-0.25, -0.2) is 13.1 Å². The molecule has 3 aromatic rings. The van der Waals surface area contributed by atoms with Crippen LogP contribution in [0.2, 0.25) is 0 Å². The molecule has 2 aromatic carbocycles. The van der Waals surface area contributed by atoms with Gasteiger partial charge in [0.2, 0.25) is 10.0 Å². The maximum atomic E-state index is 11.3. The summed E-state index contributed by atoms with van der Waals surface area (Å²) >= 11 is 0. The zero-order valence-corrected chi connectivity index (χ0v) is 16.7. The van der Waals surface area contributed by atoms with Crippen LogP contribution >= 0.6 is 0 Å². The van der Waals surface area contributed by atoms with Gasteiger partial charge in [-0.05, 0) is 55.2 Å². The molecule has 1 aromatic heterocycles. The molecular weight excluding hydrogens is 372 g/mol. The third-order valence-electron chi connectivity index (χ3n) is 4.92. The lowest BCUT2D eigenvalue weighted by Gasteiger charge is -2.29. The summed E-state index contributed by atoms with van der Waals surface area (Å²) in [5.41, 5.74) is 4.79. The third kappa shape index (κ3) is 4.36. The van der Waals surface area contributed by atoms with Crippen LogP contribution in [0.4, 0.5) is 11.4 Å². The summed E-state index contributed by atoms with van der Waals surface area (Å²) in [6.45, 7) is 2.23. The molecule has 0 bridgehead atoms. The van der Waals surface area contributed by atoms with Gasteiger partial charge in [-0.2, -0.15) is 5.10 Å². The molecule has 146 valence electrons. The van der Waals surface area contributed by atoms with E-state index in [9.17, 15) is 8.42 Å². The number of hydrogen-bond acceptors (Lipinski definition) is 4. The molecule has 0 atom stereocenters. The van der Waals surface area contributed by atoms with Crippen molar-refractivity contribution >= 4 is 21.4 Å². The predicted molar refractivity (Wildman–Crippen MR) is 114 cm³/mol. The molecule has 0 radical (unpaired) electrons. The normalized spacial score (nSPS) is 14.8. The van der Waals surface area contributed by atoms with Crippen molar-refractivity contribution in [2.45, 2.75) is 19.3 Å². The smallest absolute Gasteiger partial charge is 0.229 e. The van der Waals surface area contributed by atoms with Crippen molar-refractivity contribution in [3.63, 3.8) is 0 Å². The lowest BCUT2D eigenvalue weighted by Crippen LogP contribution is -2.29. The maximum absolute atomic E-state index is 11.3.